The van der Waals surface area contributed by atoms with E-state index in [1.54, 1.807) is 6.07 Å². The molecule has 2 N–H and O–H groups in total. The molecule has 15 heavy (non-hydrogen) atoms. The van der Waals surface area contributed by atoms with E-state index in [9.17, 15) is 4.79 Å². The first-order valence-electron chi connectivity index (χ1n) is 4.13. The van der Waals surface area contributed by atoms with Gasteiger partial charge in [0.15, 0.2) is 5.82 Å². The van der Waals surface area contributed by atoms with Gasteiger partial charge in [-0.25, -0.2) is 0 Å². The highest BCUT2D eigenvalue weighted by atomic mass is 16.1. The summed E-state index contributed by atoms with van der Waals surface area (Å²) in [7, 11) is 0. The average Bonchev–Trinajstić information content (AvgIpc) is 2.80. The molecular weight excluding hydrogens is 198 g/mol. The molecule has 0 fully saturated rings. The van der Waals surface area contributed by atoms with Crippen LogP contribution < -0.4 is 5.32 Å². The molecule has 0 bridgehead atoms. The fourth-order valence-electron chi connectivity index (χ4n) is 0.944. The van der Waals surface area contributed by atoms with Crippen molar-refractivity contribution in [3.8, 4) is 0 Å². The number of tetrazole rings is 1. The minimum Gasteiger partial charge on any atom is -0.345 e. The number of hydrogen-bond acceptors (Lipinski definition) is 6. The summed E-state index contributed by atoms with van der Waals surface area (Å²) in [5.41, 5.74) is 0.438. The first kappa shape index (κ1) is 9.19. The fraction of sp³-hybridized carbons (Fsp3) is 0.143. The van der Waals surface area contributed by atoms with Gasteiger partial charge in [0.05, 0.1) is 24.5 Å². The van der Waals surface area contributed by atoms with Crippen LogP contribution >= 0.6 is 0 Å². The molecule has 2 rings (SSSR count). The van der Waals surface area contributed by atoms with E-state index in [-0.39, 0.29) is 12.5 Å². The second-order valence-electron chi connectivity index (χ2n) is 2.64. The van der Waals surface area contributed by atoms with Crippen molar-refractivity contribution in [1.82, 2.24) is 36.1 Å². The summed E-state index contributed by atoms with van der Waals surface area (Å²) in [6.07, 6.45) is 2.83. The smallest absolute Gasteiger partial charge is 0.253 e. The van der Waals surface area contributed by atoms with Crippen molar-refractivity contribution in [2.24, 2.45) is 0 Å². The summed E-state index contributed by atoms with van der Waals surface area (Å²) in [6, 6.07) is 1.57. The van der Waals surface area contributed by atoms with Crippen LogP contribution in [0.2, 0.25) is 0 Å². The van der Waals surface area contributed by atoms with Gasteiger partial charge in [0.1, 0.15) is 0 Å². The van der Waals surface area contributed by atoms with Crippen LogP contribution in [0.5, 0.6) is 0 Å². The molecular formula is C7H7N7O. The van der Waals surface area contributed by atoms with Crippen molar-refractivity contribution in [1.29, 1.82) is 0 Å². The SMILES string of the molecule is O=C(NCc1nn[nH]n1)c1ccnnc1. The van der Waals surface area contributed by atoms with E-state index in [1.807, 2.05) is 0 Å². The van der Waals surface area contributed by atoms with E-state index in [2.05, 4.69) is 36.1 Å². The van der Waals surface area contributed by atoms with Crippen LogP contribution in [0.25, 0.3) is 0 Å². The van der Waals surface area contributed by atoms with Gasteiger partial charge in [0.25, 0.3) is 5.91 Å². The summed E-state index contributed by atoms with van der Waals surface area (Å²) >= 11 is 0. The van der Waals surface area contributed by atoms with Gasteiger partial charge < -0.3 is 5.32 Å². The molecule has 1 amide bonds. The minimum absolute atomic E-state index is 0.220. The number of amides is 1. The summed E-state index contributed by atoms with van der Waals surface area (Å²) in [4.78, 5) is 11.5. The molecule has 0 atom stereocenters. The molecule has 0 saturated carbocycles. The Bertz CT molecular complexity index is 426. The Morgan fingerprint density at radius 3 is 3.07 bits per heavy atom. The maximum absolute atomic E-state index is 11.5. The van der Waals surface area contributed by atoms with Crippen LogP contribution in [-0.2, 0) is 6.54 Å². The number of rotatable bonds is 3. The molecule has 0 saturated heterocycles. The average molecular weight is 205 g/mol. The third-order valence-corrected chi connectivity index (χ3v) is 1.64. The third kappa shape index (κ3) is 2.30. The normalized spacial score (nSPS) is 9.87. The van der Waals surface area contributed by atoms with E-state index in [0.717, 1.165) is 0 Å². The number of carbonyl (C=O) groups excluding carboxylic acids is 1. The van der Waals surface area contributed by atoms with Crippen molar-refractivity contribution in [3.05, 3.63) is 29.8 Å². The van der Waals surface area contributed by atoms with Gasteiger partial charge >= 0.3 is 0 Å². The summed E-state index contributed by atoms with van der Waals surface area (Å²) in [5.74, 6) is 0.167. The van der Waals surface area contributed by atoms with E-state index < -0.39 is 0 Å². The first-order chi connectivity index (χ1) is 7.36. The third-order valence-electron chi connectivity index (χ3n) is 1.64. The number of nitrogens with zero attached hydrogens (tertiary/aromatic N) is 5. The second-order valence-corrected chi connectivity index (χ2v) is 2.64. The molecule has 0 aliphatic heterocycles. The van der Waals surface area contributed by atoms with Crippen LogP contribution in [0.4, 0.5) is 0 Å². The fourth-order valence-corrected chi connectivity index (χ4v) is 0.944. The number of hydrogen-bond donors (Lipinski definition) is 2. The molecule has 0 aromatic carbocycles. The number of H-pyrrole nitrogens is 1. The molecule has 8 nitrogen and oxygen atoms in total. The van der Waals surface area contributed by atoms with Crippen molar-refractivity contribution < 1.29 is 4.79 Å². The summed E-state index contributed by atoms with van der Waals surface area (Å²) in [6.45, 7) is 0.220. The maximum atomic E-state index is 11.5. The Kier molecular flexibility index (Phi) is 2.59. The van der Waals surface area contributed by atoms with E-state index in [1.165, 1.54) is 12.4 Å². The molecule has 2 aromatic rings. The van der Waals surface area contributed by atoms with Crippen molar-refractivity contribution in [2.75, 3.05) is 0 Å². The topological polar surface area (TPSA) is 109 Å². The van der Waals surface area contributed by atoms with Gasteiger partial charge in [0.2, 0.25) is 0 Å². The monoisotopic (exact) mass is 205 g/mol. The number of aromatic nitrogens is 6. The Hall–Kier alpha value is -2.38. The molecule has 76 valence electrons. The molecule has 2 aromatic heterocycles. The van der Waals surface area contributed by atoms with Gasteiger partial charge in [-0.15, -0.1) is 10.2 Å². The predicted octanol–water partition coefficient (Wildman–Crippen LogP) is -1.08. The number of carbonyl (C=O) groups is 1. The van der Waals surface area contributed by atoms with Crippen molar-refractivity contribution in [3.63, 3.8) is 0 Å². The Morgan fingerprint density at radius 2 is 2.40 bits per heavy atom. The lowest BCUT2D eigenvalue weighted by atomic mass is 10.3. The standard InChI is InChI=1S/C7H7N7O/c15-7(5-1-2-9-10-3-5)8-4-6-11-13-14-12-6/h1-3H,4H2,(H,8,15)(H,11,12,13,14). The zero-order valence-corrected chi connectivity index (χ0v) is 7.58. The van der Waals surface area contributed by atoms with Crippen LogP contribution in [0.1, 0.15) is 16.2 Å². The van der Waals surface area contributed by atoms with Crippen molar-refractivity contribution in [2.45, 2.75) is 6.54 Å². The van der Waals surface area contributed by atoms with Crippen molar-refractivity contribution >= 4 is 5.91 Å². The van der Waals surface area contributed by atoms with Crippen LogP contribution in [0.3, 0.4) is 0 Å². The Morgan fingerprint density at radius 1 is 1.47 bits per heavy atom. The predicted molar refractivity (Wildman–Crippen MR) is 47.4 cm³/mol. The zero-order chi connectivity index (χ0) is 10.5. The molecule has 0 unspecified atom stereocenters. The first-order valence-corrected chi connectivity index (χ1v) is 4.13. The van der Waals surface area contributed by atoms with Crippen LogP contribution in [0.15, 0.2) is 18.5 Å². The molecule has 2 heterocycles. The van der Waals surface area contributed by atoms with E-state index >= 15 is 0 Å². The Labute approximate surface area is 84.1 Å². The quantitative estimate of drug-likeness (QED) is 0.659. The van der Waals surface area contributed by atoms with Crippen LogP contribution in [-0.4, -0.2) is 36.7 Å². The summed E-state index contributed by atoms with van der Waals surface area (Å²) < 4.78 is 0. The highest BCUT2D eigenvalue weighted by molar-refractivity contribution is 5.93. The number of aromatic amines is 1. The maximum Gasteiger partial charge on any atom is 0.253 e. The van der Waals surface area contributed by atoms with E-state index in [4.69, 9.17) is 0 Å². The highest BCUT2D eigenvalue weighted by Crippen LogP contribution is 1.93. The van der Waals surface area contributed by atoms with Gasteiger partial charge in [-0.1, -0.05) is 5.21 Å². The highest BCUT2D eigenvalue weighted by Gasteiger charge is 2.06. The van der Waals surface area contributed by atoms with Gasteiger partial charge in [0, 0.05) is 0 Å². The lowest BCUT2D eigenvalue weighted by Crippen LogP contribution is -2.23. The molecule has 0 aliphatic carbocycles. The summed E-state index contributed by atoms with van der Waals surface area (Å²) in [5, 5.41) is 22.8. The molecule has 0 spiro atoms. The molecule has 0 radical (unpaired) electrons. The zero-order valence-electron chi connectivity index (χ0n) is 7.58. The lowest BCUT2D eigenvalue weighted by Gasteiger charge is -2.00. The molecule has 0 aliphatic rings. The van der Waals surface area contributed by atoms with E-state index in [0.29, 0.717) is 11.4 Å². The number of nitrogens with one attached hydrogen (secondary N) is 2. The molecule has 8 heteroatoms. The Balaban J connectivity index is 1.94. The minimum atomic E-state index is -0.255. The van der Waals surface area contributed by atoms with Gasteiger partial charge in [-0.3, -0.25) is 4.79 Å². The second kappa shape index (κ2) is 4.22. The largest absolute Gasteiger partial charge is 0.345 e. The lowest BCUT2D eigenvalue weighted by molar-refractivity contribution is 0.0949. The van der Waals surface area contributed by atoms with Gasteiger partial charge in [-0.05, 0) is 6.07 Å². The van der Waals surface area contributed by atoms with Gasteiger partial charge in [-0.2, -0.15) is 15.4 Å². The van der Waals surface area contributed by atoms with Crippen LogP contribution in [0, 0.1) is 0 Å².